The number of rotatable bonds is 5. The Labute approximate surface area is 151 Å². The minimum atomic E-state index is -4.56. The molecule has 27 heavy (non-hydrogen) atoms. The van der Waals surface area contributed by atoms with Gasteiger partial charge in [0.1, 0.15) is 0 Å². The number of anilines is 1. The number of tetrazole rings is 1. The van der Waals surface area contributed by atoms with Gasteiger partial charge in [-0.05, 0) is 28.9 Å². The monoisotopic (exact) mass is 391 g/mol. The highest BCUT2D eigenvalue weighted by Crippen LogP contribution is 2.12. The minimum Gasteiger partial charge on any atom is -0.316 e. The highest BCUT2D eigenvalue weighted by molar-refractivity contribution is 7.85. The van der Waals surface area contributed by atoms with Gasteiger partial charge in [0.05, 0.1) is 9.99 Å². The van der Waals surface area contributed by atoms with Crippen LogP contribution in [0.15, 0.2) is 59.5 Å². The first kappa shape index (κ1) is 18.1. The molecule has 2 aromatic carbocycles. The first-order valence-corrected chi connectivity index (χ1v) is 8.68. The standard InChI is InChI=1S/C14H10N6O6S/c21-14(15-10-5-2-1-3-6-10)13-16-17-19(20(22)23)18(13)11-7-4-8-12(9-11)27(24,25)26/h1-9H,(H-,15,21,24,25,26)/p+1. The SMILES string of the molecule is O=C(Nc1ccccc1)c1nnn([N+](=O)[O-])[n+]1-c1cccc(S(=O)(=O)O)c1. The molecule has 138 valence electrons. The van der Waals surface area contributed by atoms with E-state index in [0.29, 0.717) is 10.4 Å². The molecule has 1 heterocycles. The number of aromatic nitrogens is 4. The summed E-state index contributed by atoms with van der Waals surface area (Å²) >= 11 is 0. The molecule has 12 nitrogen and oxygen atoms in total. The molecule has 0 saturated carbocycles. The summed E-state index contributed by atoms with van der Waals surface area (Å²) in [5.41, 5.74) is 0.293. The number of benzene rings is 2. The van der Waals surface area contributed by atoms with Crippen LogP contribution < -0.4 is 10.00 Å². The Bertz CT molecular complexity index is 1130. The summed E-state index contributed by atoms with van der Waals surface area (Å²) in [7, 11) is -4.56. The van der Waals surface area contributed by atoms with Crippen LogP contribution in [0.5, 0.6) is 0 Å². The summed E-state index contributed by atoms with van der Waals surface area (Å²) in [6.07, 6.45) is 0. The van der Waals surface area contributed by atoms with Crippen molar-refractivity contribution in [1.29, 1.82) is 0 Å². The van der Waals surface area contributed by atoms with Gasteiger partial charge in [-0.2, -0.15) is 8.42 Å². The molecule has 13 heteroatoms. The van der Waals surface area contributed by atoms with Gasteiger partial charge in [-0.1, -0.05) is 24.3 Å². The molecule has 0 saturated heterocycles. The molecule has 3 aromatic rings. The highest BCUT2D eigenvalue weighted by atomic mass is 32.2. The zero-order valence-corrected chi connectivity index (χ0v) is 14.1. The zero-order valence-electron chi connectivity index (χ0n) is 13.3. The maximum atomic E-state index is 12.5. The van der Waals surface area contributed by atoms with E-state index in [1.54, 1.807) is 30.3 Å². The number of nitro groups is 1. The predicted molar refractivity (Wildman–Crippen MR) is 88.2 cm³/mol. The molecule has 0 aliphatic heterocycles. The van der Waals surface area contributed by atoms with Gasteiger partial charge in [0.2, 0.25) is 0 Å². The van der Waals surface area contributed by atoms with Crippen LogP contribution in [-0.4, -0.2) is 39.1 Å². The summed E-state index contributed by atoms with van der Waals surface area (Å²) in [6, 6.07) is 12.8. The molecule has 0 atom stereocenters. The van der Waals surface area contributed by atoms with Crippen LogP contribution in [0, 0.1) is 10.1 Å². The Morgan fingerprint density at radius 2 is 1.89 bits per heavy atom. The van der Waals surface area contributed by atoms with Crippen molar-refractivity contribution in [1.82, 2.24) is 15.2 Å². The lowest BCUT2D eigenvalue weighted by atomic mass is 10.3. The van der Waals surface area contributed by atoms with Crippen LogP contribution in [-0.2, 0) is 10.1 Å². The van der Waals surface area contributed by atoms with Gasteiger partial charge in [0, 0.05) is 11.8 Å². The second-order valence-corrected chi connectivity index (χ2v) is 6.55. The van der Waals surface area contributed by atoms with Gasteiger partial charge in [-0.3, -0.25) is 19.5 Å². The Morgan fingerprint density at radius 3 is 2.52 bits per heavy atom. The molecule has 1 amide bonds. The van der Waals surface area contributed by atoms with Crippen LogP contribution in [0.3, 0.4) is 0 Å². The van der Waals surface area contributed by atoms with Crippen LogP contribution >= 0.6 is 0 Å². The fourth-order valence-corrected chi connectivity index (χ4v) is 2.73. The number of hydrogen-bond acceptors (Lipinski definition) is 7. The Balaban J connectivity index is 2.11. The largest absolute Gasteiger partial charge is 0.398 e. The quantitative estimate of drug-likeness (QED) is 0.268. The number of carbonyl (C=O) groups excluding carboxylic acids is 1. The molecule has 0 aliphatic carbocycles. The molecule has 0 bridgehead atoms. The van der Waals surface area contributed by atoms with E-state index < -0.39 is 31.8 Å². The van der Waals surface area contributed by atoms with E-state index in [0.717, 1.165) is 12.1 Å². The topological polar surface area (TPSA) is 161 Å². The lowest BCUT2D eigenvalue weighted by Gasteiger charge is -2.02. The number of carbonyl (C=O) groups is 1. The van der Waals surface area contributed by atoms with Crippen molar-refractivity contribution in [2.24, 2.45) is 0 Å². The summed E-state index contributed by atoms with van der Waals surface area (Å²) in [4.78, 5) is 23.4. The predicted octanol–water partition coefficient (Wildman–Crippen LogP) is 0.0936. The molecular weight excluding hydrogens is 380 g/mol. The first-order chi connectivity index (χ1) is 12.8. The molecule has 0 aliphatic rings. The summed E-state index contributed by atoms with van der Waals surface area (Å²) in [5.74, 6) is -1.28. The van der Waals surface area contributed by atoms with E-state index in [2.05, 4.69) is 15.6 Å². The van der Waals surface area contributed by atoms with Gasteiger partial charge in [0.25, 0.3) is 15.0 Å². The van der Waals surface area contributed by atoms with Crippen molar-refractivity contribution in [2.45, 2.75) is 4.90 Å². The van der Waals surface area contributed by atoms with E-state index in [9.17, 15) is 27.9 Å². The van der Waals surface area contributed by atoms with E-state index in [-0.39, 0.29) is 10.6 Å². The molecule has 0 unspecified atom stereocenters. The average molecular weight is 391 g/mol. The highest BCUT2D eigenvalue weighted by Gasteiger charge is 2.36. The minimum absolute atomic E-state index is 0.120. The van der Waals surface area contributed by atoms with Gasteiger partial charge < -0.3 is 5.32 Å². The van der Waals surface area contributed by atoms with Crippen molar-refractivity contribution in [3.05, 3.63) is 70.5 Å². The van der Waals surface area contributed by atoms with Crippen LogP contribution in [0.25, 0.3) is 5.69 Å². The maximum absolute atomic E-state index is 12.5. The molecule has 3 rings (SSSR count). The Hall–Kier alpha value is -3.71. The third kappa shape index (κ3) is 3.78. The lowest BCUT2D eigenvalue weighted by Crippen LogP contribution is -2.49. The van der Waals surface area contributed by atoms with Crippen molar-refractivity contribution in [3.63, 3.8) is 0 Å². The fraction of sp³-hybridized carbons (Fsp3) is 0. The van der Waals surface area contributed by atoms with Crippen LogP contribution in [0.4, 0.5) is 5.69 Å². The number of amides is 1. The fourth-order valence-electron chi connectivity index (χ4n) is 2.21. The number of para-hydroxylation sites is 1. The van der Waals surface area contributed by atoms with Crippen molar-refractivity contribution in [3.8, 4) is 5.69 Å². The third-order valence-corrected chi connectivity index (χ3v) is 4.19. The molecule has 0 fully saturated rings. The van der Waals surface area contributed by atoms with Crippen molar-refractivity contribution in [2.75, 3.05) is 5.32 Å². The van der Waals surface area contributed by atoms with Gasteiger partial charge in [-0.25, -0.2) is 0 Å². The molecular formula is C14H11N6O6S+. The number of hydrogen-bond donors (Lipinski definition) is 2. The van der Waals surface area contributed by atoms with E-state index in [1.165, 1.54) is 12.1 Å². The second-order valence-electron chi connectivity index (χ2n) is 5.12. The number of nitrogens with one attached hydrogen (secondary N) is 1. The zero-order chi connectivity index (χ0) is 19.6. The van der Waals surface area contributed by atoms with Crippen LogP contribution in [0.1, 0.15) is 10.6 Å². The first-order valence-electron chi connectivity index (χ1n) is 7.24. The van der Waals surface area contributed by atoms with E-state index >= 15 is 0 Å². The average Bonchev–Trinajstić information content (AvgIpc) is 3.07. The Kier molecular flexibility index (Phi) is 4.62. The second kappa shape index (κ2) is 6.89. The Morgan fingerprint density at radius 1 is 1.19 bits per heavy atom. The normalized spacial score (nSPS) is 11.1. The van der Waals surface area contributed by atoms with E-state index in [1.807, 2.05) is 0 Å². The smallest absolute Gasteiger partial charge is 0.316 e. The molecule has 0 spiro atoms. The maximum Gasteiger partial charge on any atom is 0.398 e. The van der Waals surface area contributed by atoms with Crippen LogP contribution in [0.2, 0.25) is 0 Å². The van der Waals surface area contributed by atoms with Gasteiger partial charge in [0.15, 0.2) is 10.7 Å². The summed E-state index contributed by atoms with van der Waals surface area (Å²) in [5, 5.41) is 19.6. The summed E-state index contributed by atoms with van der Waals surface area (Å²) in [6.45, 7) is 0. The molecule has 2 N–H and O–H groups in total. The lowest BCUT2D eigenvalue weighted by molar-refractivity contribution is -0.838. The third-order valence-electron chi connectivity index (χ3n) is 3.34. The van der Waals surface area contributed by atoms with Crippen molar-refractivity contribution >= 4 is 21.7 Å². The van der Waals surface area contributed by atoms with Gasteiger partial charge >= 0.3 is 16.9 Å². The molecule has 1 aromatic heterocycles. The van der Waals surface area contributed by atoms with E-state index in [4.69, 9.17) is 0 Å². The summed E-state index contributed by atoms with van der Waals surface area (Å²) < 4.78 is 32.5. The number of nitrogens with zero attached hydrogens (tertiary/aromatic N) is 5. The van der Waals surface area contributed by atoms with Crippen molar-refractivity contribution < 1.29 is 27.5 Å². The van der Waals surface area contributed by atoms with Gasteiger partial charge in [-0.15, -0.1) is 0 Å². The molecule has 0 radical (unpaired) electrons.